The van der Waals surface area contributed by atoms with Crippen molar-refractivity contribution in [3.05, 3.63) is 0 Å². The third-order valence-corrected chi connectivity index (χ3v) is 4.31. The van der Waals surface area contributed by atoms with Gasteiger partial charge in [-0.3, -0.25) is 4.79 Å². The molecule has 1 aromatic rings. The van der Waals surface area contributed by atoms with Gasteiger partial charge < -0.3 is 4.74 Å². The summed E-state index contributed by atoms with van der Waals surface area (Å²) in [7, 11) is 0. The number of aromatic nitrogens is 3. The summed E-state index contributed by atoms with van der Waals surface area (Å²) in [6.45, 7) is 3.94. The van der Waals surface area contributed by atoms with Crippen LogP contribution in [0.2, 0.25) is 0 Å². The lowest BCUT2D eigenvalue weighted by Crippen LogP contribution is -2.16. The molecule has 1 aromatic heterocycles. The molecule has 0 bridgehead atoms. The first-order chi connectivity index (χ1) is 10.7. The van der Waals surface area contributed by atoms with Gasteiger partial charge in [0.2, 0.25) is 11.1 Å². The Morgan fingerprint density at radius 2 is 2.14 bits per heavy atom. The fourth-order valence-corrected chi connectivity index (χ4v) is 2.92. The maximum atomic E-state index is 11.6. The molecular formula is C14H23N5O2S. The second-order valence-corrected chi connectivity index (χ2v) is 6.49. The van der Waals surface area contributed by atoms with Crippen LogP contribution in [0, 0.1) is 0 Å². The summed E-state index contributed by atoms with van der Waals surface area (Å²) in [5, 5.41) is 11.4. The van der Waals surface area contributed by atoms with Gasteiger partial charge in [0, 0.05) is 5.71 Å². The number of ether oxygens (including phenoxy) is 1. The van der Waals surface area contributed by atoms with Crippen LogP contribution >= 0.6 is 11.8 Å². The molecule has 1 atom stereocenters. The van der Waals surface area contributed by atoms with Gasteiger partial charge in [0.1, 0.15) is 5.25 Å². The summed E-state index contributed by atoms with van der Waals surface area (Å²) in [5.74, 6) is 0.237. The summed E-state index contributed by atoms with van der Waals surface area (Å²) in [6.07, 6.45) is 7.07. The predicted molar refractivity (Wildman–Crippen MR) is 87.1 cm³/mol. The molecule has 1 aliphatic carbocycles. The van der Waals surface area contributed by atoms with Gasteiger partial charge in [-0.2, -0.15) is 10.1 Å². The Morgan fingerprint density at radius 3 is 2.82 bits per heavy atom. The van der Waals surface area contributed by atoms with Crippen LogP contribution < -0.4 is 5.43 Å². The Kier molecular flexibility index (Phi) is 6.70. The van der Waals surface area contributed by atoms with Crippen molar-refractivity contribution in [2.24, 2.45) is 5.10 Å². The van der Waals surface area contributed by atoms with Crippen LogP contribution in [0.1, 0.15) is 52.4 Å². The van der Waals surface area contributed by atoms with Crippen LogP contribution in [0.3, 0.4) is 0 Å². The minimum absolute atomic E-state index is 0.259. The molecule has 7 nitrogen and oxygen atoms in total. The van der Waals surface area contributed by atoms with Crippen LogP contribution in [0.25, 0.3) is 0 Å². The molecule has 0 saturated heterocycles. The van der Waals surface area contributed by atoms with Gasteiger partial charge >= 0.3 is 5.97 Å². The van der Waals surface area contributed by atoms with E-state index < -0.39 is 0 Å². The highest BCUT2D eigenvalue weighted by Crippen LogP contribution is 2.21. The number of H-pyrrole nitrogens is 1. The summed E-state index contributed by atoms with van der Waals surface area (Å²) < 4.78 is 4.96. The van der Waals surface area contributed by atoms with E-state index in [1.54, 1.807) is 13.8 Å². The standard InChI is InChI=1S/C14H23N5O2S/c1-3-21-12(20)10(2)22-14-15-13(18-19-14)17-16-11-8-6-4-5-7-9-11/h10H,3-9H2,1-2H3,(H2,15,17,18,19)/t10-/m1/s1. The number of thioether (sulfide) groups is 1. The topological polar surface area (TPSA) is 92.3 Å². The lowest BCUT2D eigenvalue weighted by Gasteiger charge is -2.06. The number of esters is 1. The number of rotatable bonds is 6. The molecule has 22 heavy (non-hydrogen) atoms. The highest BCUT2D eigenvalue weighted by Gasteiger charge is 2.18. The molecular weight excluding hydrogens is 302 g/mol. The molecule has 1 fully saturated rings. The summed E-state index contributed by atoms with van der Waals surface area (Å²) in [5.41, 5.74) is 4.10. The van der Waals surface area contributed by atoms with E-state index in [2.05, 4.69) is 25.7 Å². The second-order valence-electron chi connectivity index (χ2n) is 5.18. The molecule has 1 aliphatic rings. The third-order valence-electron chi connectivity index (χ3n) is 3.37. The van der Waals surface area contributed by atoms with Crippen molar-refractivity contribution in [3.63, 3.8) is 0 Å². The van der Waals surface area contributed by atoms with Gasteiger partial charge in [-0.15, -0.1) is 5.10 Å². The Hall–Kier alpha value is -1.57. The molecule has 0 aromatic carbocycles. The van der Waals surface area contributed by atoms with E-state index in [0.29, 0.717) is 17.7 Å². The number of carbonyl (C=O) groups excluding carboxylic acids is 1. The molecule has 8 heteroatoms. The van der Waals surface area contributed by atoms with Crippen LogP contribution in [-0.2, 0) is 9.53 Å². The van der Waals surface area contributed by atoms with E-state index in [1.807, 2.05) is 0 Å². The third kappa shape index (κ3) is 5.32. The van der Waals surface area contributed by atoms with Crippen LogP contribution in [0.5, 0.6) is 0 Å². The van der Waals surface area contributed by atoms with Crippen molar-refractivity contribution in [2.75, 3.05) is 12.0 Å². The van der Waals surface area contributed by atoms with Crippen molar-refractivity contribution in [1.82, 2.24) is 15.2 Å². The predicted octanol–water partition coefficient (Wildman–Crippen LogP) is 2.97. The fraction of sp³-hybridized carbons (Fsp3) is 0.714. The minimum atomic E-state index is -0.336. The lowest BCUT2D eigenvalue weighted by molar-refractivity contribution is -0.142. The molecule has 0 aliphatic heterocycles. The average molecular weight is 325 g/mol. The number of nitrogens with zero attached hydrogens (tertiary/aromatic N) is 3. The molecule has 1 heterocycles. The van der Waals surface area contributed by atoms with Gasteiger partial charge in [0.05, 0.1) is 6.61 Å². The normalized spacial score (nSPS) is 16.7. The smallest absolute Gasteiger partial charge is 0.319 e. The summed E-state index contributed by atoms with van der Waals surface area (Å²) in [6, 6.07) is 0. The number of carbonyl (C=O) groups is 1. The zero-order valence-electron chi connectivity index (χ0n) is 13.1. The molecule has 0 unspecified atom stereocenters. The second kappa shape index (κ2) is 8.77. The number of nitrogens with one attached hydrogen (secondary N) is 2. The molecule has 0 spiro atoms. The Labute approximate surface area is 134 Å². The molecule has 2 rings (SSSR count). The monoisotopic (exact) mass is 325 g/mol. The highest BCUT2D eigenvalue weighted by molar-refractivity contribution is 8.00. The number of hydrazone groups is 1. The van der Waals surface area contributed by atoms with Crippen molar-refractivity contribution >= 4 is 29.4 Å². The molecule has 0 radical (unpaired) electrons. The number of hydrogen-bond acceptors (Lipinski definition) is 7. The lowest BCUT2D eigenvalue weighted by atomic mass is 10.2. The first kappa shape index (κ1) is 16.8. The zero-order chi connectivity index (χ0) is 15.8. The van der Waals surface area contributed by atoms with Gasteiger partial charge in [-0.25, -0.2) is 10.5 Å². The molecule has 2 N–H and O–H groups in total. The van der Waals surface area contributed by atoms with Crippen LogP contribution in [0.4, 0.5) is 5.95 Å². The maximum absolute atomic E-state index is 11.6. The van der Waals surface area contributed by atoms with Crippen LogP contribution in [0.15, 0.2) is 10.3 Å². The summed E-state index contributed by atoms with van der Waals surface area (Å²) in [4.78, 5) is 15.8. The van der Waals surface area contributed by atoms with Crippen molar-refractivity contribution in [2.45, 2.75) is 62.8 Å². The molecule has 0 amide bonds. The Morgan fingerprint density at radius 1 is 1.41 bits per heavy atom. The van der Waals surface area contributed by atoms with E-state index in [1.165, 1.54) is 43.2 Å². The largest absolute Gasteiger partial charge is 0.465 e. The highest BCUT2D eigenvalue weighted by atomic mass is 32.2. The van der Waals surface area contributed by atoms with Gasteiger partial charge in [0.25, 0.3) is 0 Å². The van der Waals surface area contributed by atoms with Crippen molar-refractivity contribution in [1.29, 1.82) is 0 Å². The van der Waals surface area contributed by atoms with Gasteiger partial charge in [-0.05, 0) is 39.5 Å². The Bertz CT molecular complexity index is 507. The number of hydrogen-bond donors (Lipinski definition) is 2. The van der Waals surface area contributed by atoms with E-state index in [9.17, 15) is 4.79 Å². The van der Waals surface area contributed by atoms with E-state index in [4.69, 9.17) is 4.74 Å². The van der Waals surface area contributed by atoms with Crippen LogP contribution in [-0.4, -0.2) is 38.7 Å². The van der Waals surface area contributed by atoms with Crippen molar-refractivity contribution in [3.8, 4) is 0 Å². The van der Waals surface area contributed by atoms with E-state index in [0.717, 1.165) is 12.8 Å². The first-order valence-electron chi connectivity index (χ1n) is 7.76. The number of anilines is 1. The van der Waals surface area contributed by atoms with Crippen molar-refractivity contribution < 1.29 is 9.53 Å². The molecule has 122 valence electrons. The SMILES string of the molecule is CCOC(=O)[C@@H](C)Sc1n[nH]c(NN=C2CCCCCC2)n1. The number of aromatic amines is 1. The zero-order valence-corrected chi connectivity index (χ0v) is 13.9. The first-order valence-corrected chi connectivity index (χ1v) is 8.64. The summed E-state index contributed by atoms with van der Waals surface area (Å²) >= 11 is 1.26. The van der Waals surface area contributed by atoms with Gasteiger partial charge in [0.15, 0.2) is 0 Å². The van der Waals surface area contributed by atoms with E-state index >= 15 is 0 Å². The van der Waals surface area contributed by atoms with Gasteiger partial charge in [-0.1, -0.05) is 24.6 Å². The Balaban J connectivity index is 1.85. The molecule has 1 saturated carbocycles. The minimum Gasteiger partial charge on any atom is -0.465 e. The maximum Gasteiger partial charge on any atom is 0.319 e. The van der Waals surface area contributed by atoms with E-state index in [-0.39, 0.29) is 11.2 Å². The fourth-order valence-electron chi connectivity index (χ4n) is 2.20. The average Bonchev–Trinajstić information content (AvgIpc) is 2.79. The quantitative estimate of drug-likeness (QED) is 0.361.